The fourth-order valence-corrected chi connectivity index (χ4v) is 2.61. The van der Waals surface area contributed by atoms with Crippen LogP contribution in [0.15, 0.2) is 15.8 Å². The quantitative estimate of drug-likeness (QED) is 0.416. The number of nitrogens with one attached hydrogen (secondary N) is 1. The summed E-state index contributed by atoms with van der Waals surface area (Å²) in [5, 5.41) is 19.7. The van der Waals surface area contributed by atoms with E-state index in [-0.39, 0.29) is 5.92 Å². The van der Waals surface area contributed by atoms with Crippen LogP contribution in [0.25, 0.3) is 0 Å². The molecule has 12 heteroatoms. The first-order valence-corrected chi connectivity index (χ1v) is 8.08. The van der Waals surface area contributed by atoms with Gasteiger partial charge in [0.2, 0.25) is 5.82 Å². The fraction of sp³-hybridized carbons (Fsp3) is 0.667. The van der Waals surface area contributed by atoms with Crippen molar-refractivity contribution < 1.29 is 33.3 Å². The van der Waals surface area contributed by atoms with Crippen molar-refractivity contribution in [1.82, 2.24) is 9.55 Å². The van der Waals surface area contributed by atoms with E-state index in [1.807, 2.05) is 0 Å². The van der Waals surface area contributed by atoms with Crippen LogP contribution in [0.4, 0.5) is 8.78 Å². The minimum Gasteiger partial charge on any atom is -0.458 e. The van der Waals surface area contributed by atoms with Crippen molar-refractivity contribution in [2.24, 2.45) is 11.7 Å². The van der Waals surface area contributed by atoms with Crippen LogP contribution in [0.2, 0.25) is 0 Å². The van der Waals surface area contributed by atoms with Crippen molar-refractivity contribution in [3.05, 3.63) is 32.9 Å². The molecule has 0 aliphatic carbocycles. The highest BCUT2D eigenvalue weighted by molar-refractivity contribution is 5.75. The van der Waals surface area contributed by atoms with E-state index in [1.54, 1.807) is 18.8 Å². The molecule has 1 aliphatic heterocycles. The van der Waals surface area contributed by atoms with Crippen molar-refractivity contribution >= 4 is 5.97 Å². The van der Waals surface area contributed by atoms with Crippen LogP contribution >= 0.6 is 0 Å². The Bertz CT molecular complexity index is 826. The van der Waals surface area contributed by atoms with Crippen LogP contribution < -0.4 is 17.0 Å². The van der Waals surface area contributed by atoms with E-state index in [1.165, 1.54) is 0 Å². The zero-order chi connectivity index (χ0) is 20.6. The maximum absolute atomic E-state index is 15.0. The summed E-state index contributed by atoms with van der Waals surface area (Å²) in [4.78, 5) is 36.5. The Morgan fingerprint density at radius 1 is 1.56 bits per heavy atom. The average molecular weight is 393 g/mol. The largest absolute Gasteiger partial charge is 0.458 e. The van der Waals surface area contributed by atoms with Gasteiger partial charge in [-0.25, -0.2) is 9.18 Å². The zero-order valence-electron chi connectivity index (χ0n) is 14.6. The van der Waals surface area contributed by atoms with E-state index < -0.39 is 66.4 Å². The molecule has 10 nitrogen and oxygen atoms in total. The van der Waals surface area contributed by atoms with E-state index >= 15 is 4.39 Å². The number of esters is 1. The molecule has 1 fully saturated rings. The van der Waals surface area contributed by atoms with Crippen LogP contribution in [-0.4, -0.2) is 56.9 Å². The predicted octanol–water partition coefficient (Wildman–Crippen LogP) is -1.71. The summed E-state index contributed by atoms with van der Waals surface area (Å²) in [7, 11) is 0. The maximum Gasteiger partial charge on any atom is 0.330 e. The number of hydrogen-bond acceptors (Lipinski definition) is 8. The Morgan fingerprint density at radius 3 is 2.74 bits per heavy atom. The highest BCUT2D eigenvalue weighted by Gasteiger charge is 2.59. The molecule has 4 atom stereocenters. The first-order valence-electron chi connectivity index (χ1n) is 8.08. The summed E-state index contributed by atoms with van der Waals surface area (Å²) in [5.41, 5.74) is 0.860. The molecule has 1 aliphatic rings. The molecule has 0 amide bonds. The second kappa shape index (κ2) is 7.46. The molecule has 0 aromatic carbocycles. The standard InChI is InChI=1S/C15H21F2N3O7/c1-7(2)10(18)12(24)26-6-15(17)9(22)3-14(5-21,27-15)20-4-8(16)11(23)19-13(20)25/h4,7,9-10,21-22H,3,5-6,18H2,1-2H3,(H,19,23,25)/t9-,10-,14-,15+/m0/s1. The van der Waals surface area contributed by atoms with Gasteiger partial charge >= 0.3 is 11.7 Å². The number of aromatic amines is 1. The molecular formula is C15H21F2N3O7. The predicted molar refractivity (Wildman–Crippen MR) is 85.7 cm³/mol. The highest BCUT2D eigenvalue weighted by Crippen LogP contribution is 2.42. The number of hydrogen-bond donors (Lipinski definition) is 4. The summed E-state index contributed by atoms with van der Waals surface area (Å²) < 4.78 is 38.8. The minimum atomic E-state index is -3.00. The van der Waals surface area contributed by atoms with E-state index in [2.05, 4.69) is 0 Å². The number of aliphatic hydroxyl groups is 2. The SMILES string of the molecule is CC(C)[C@H](N)C(=O)OC[C@@]1(F)O[C@@](CO)(n2cc(F)c(=O)[nH]c2=O)C[C@@H]1O. The number of nitrogens with zero attached hydrogens (tertiary/aromatic N) is 1. The van der Waals surface area contributed by atoms with Crippen molar-refractivity contribution in [2.75, 3.05) is 13.2 Å². The molecule has 1 saturated heterocycles. The van der Waals surface area contributed by atoms with Crippen LogP contribution in [0.1, 0.15) is 20.3 Å². The molecule has 1 aromatic rings. The maximum atomic E-state index is 15.0. The number of H-pyrrole nitrogens is 1. The monoisotopic (exact) mass is 393 g/mol. The van der Waals surface area contributed by atoms with Crippen molar-refractivity contribution in [3.8, 4) is 0 Å². The van der Waals surface area contributed by atoms with Gasteiger partial charge in [-0.3, -0.25) is 19.1 Å². The average Bonchev–Trinajstić information content (AvgIpc) is 2.87. The lowest BCUT2D eigenvalue weighted by Crippen LogP contribution is -2.49. The summed E-state index contributed by atoms with van der Waals surface area (Å²) in [6, 6.07) is -1.04. The van der Waals surface area contributed by atoms with Crippen LogP contribution in [0, 0.1) is 11.7 Å². The summed E-state index contributed by atoms with van der Waals surface area (Å²) >= 11 is 0. The van der Waals surface area contributed by atoms with Gasteiger partial charge in [0.25, 0.3) is 11.4 Å². The molecule has 0 saturated carbocycles. The lowest BCUT2D eigenvalue weighted by Gasteiger charge is -2.30. The van der Waals surface area contributed by atoms with Crippen LogP contribution in [-0.2, 0) is 20.0 Å². The van der Waals surface area contributed by atoms with E-state index in [0.29, 0.717) is 10.8 Å². The van der Waals surface area contributed by atoms with Gasteiger partial charge in [0.1, 0.15) is 12.1 Å². The smallest absolute Gasteiger partial charge is 0.330 e. The Labute approximate surface area is 151 Å². The van der Waals surface area contributed by atoms with Gasteiger partial charge in [-0.15, -0.1) is 0 Å². The van der Waals surface area contributed by atoms with E-state index in [0.717, 1.165) is 0 Å². The van der Waals surface area contributed by atoms with Crippen LogP contribution in [0.3, 0.4) is 0 Å². The molecule has 0 unspecified atom stereocenters. The Kier molecular flexibility index (Phi) is 5.85. The van der Waals surface area contributed by atoms with Gasteiger partial charge in [-0.05, 0) is 5.92 Å². The Hall–Kier alpha value is -2.15. The molecule has 2 rings (SSSR count). The van der Waals surface area contributed by atoms with Gasteiger partial charge in [-0.2, -0.15) is 4.39 Å². The van der Waals surface area contributed by atoms with Crippen molar-refractivity contribution in [3.63, 3.8) is 0 Å². The summed E-state index contributed by atoms with van der Waals surface area (Å²) in [6.07, 6.45) is -2.19. The van der Waals surface area contributed by atoms with Crippen molar-refractivity contribution in [1.29, 1.82) is 0 Å². The molecule has 152 valence electrons. The number of aromatic nitrogens is 2. The van der Waals surface area contributed by atoms with Gasteiger partial charge in [0.05, 0.1) is 12.8 Å². The topological polar surface area (TPSA) is 157 Å². The Morgan fingerprint density at radius 2 is 2.19 bits per heavy atom. The van der Waals surface area contributed by atoms with Crippen molar-refractivity contribution in [2.45, 2.75) is 44.0 Å². The third-order valence-corrected chi connectivity index (χ3v) is 4.36. The summed E-state index contributed by atoms with van der Waals surface area (Å²) in [5.74, 6) is -5.61. The van der Waals surface area contributed by atoms with Gasteiger partial charge in [0.15, 0.2) is 12.3 Å². The number of aliphatic hydroxyl groups excluding tert-OH is 2. The second-order valence-electron chi connectivity index (χ2n) is 6.70. The molecule has 27 heavy (non-hydrogen) atoms. The molecule has 0 radical (unpaired) electrons. The molecule has 5 N–H and O–H groups in total. The van der Waals surface area contributed by atoms with E-state index in [4.69, 9.17) is 15.2 Å². The third kappa shape index (κ3) is 3.93. The first kappa shape index (κ1) is 21.2. The third-order valence-electron chi connectivity index (χ3n) is 4.36. The fourth-order valence-electron chi connectivity index (χ4n) is 2.61. The van der Waals surface area contributed by atoms with Crippen LogP contribution in [0.5, 0.6) is 0 Å². The zero-order valence-corrected chi connectivity index (χ0v) is 14.6. The molecular weight excluding hydrogens is 372 g/mol. The molecule has 0 bridgehead atoms. The Balaban J connectivity index is 2.29. The number of halogens is 2. The molecule has 2 heterocycles. The normalized spacial score (nSPS) is 29.1. The number of carbonyl (C=O) groups is 1. The minimum absolute atomic E-state index is 0.290. The highest BCUT2D eigenvalue weighted by atomic mass is 19.2. The first-order chi connectivity index (χ1) is 12.5. The van der Waals surface area contributed by atoms with Gasteiger partial charge < -0.3 is 25.4 Å². The van der Waals surface area contributed by atoms with E-state index in [9.17, 15) is 29.0 Å². The number of alkyl halides is 1. The number of nitrogens with two attached hydrogens (primary N) is 1. The number of carbonyl (C=O) groups excluding carboxylic acids is 1. The second-order valence-corrected chi connectivity index (χ2v) is 6.70. The molecule has 0 spiro atoms. The number of ether oxygens (including phenoxy) is 2. The van der Waals surface area contributed by atoms with Gasteiger partial charge in [-0.1, -0.05) is 13.8 Å². The summed E-state index contributed by atoms with van der Waals surface area (Å²) in [6.45, 7) is 1.17. The lowest BCUT2D eigenvalue weighted by molar-refractivity contribution is -0.255. The lowest BCUT2D eigenvalue weighted by atomic mass is 10.1. The van der Waals surface area contributed by atoms with Gasteiger partial charge in [0, 0.05) is 6.42 Å². The molecule has 1 aromatic heterocycles. The number of rotatable bonds is 6.